The molecule has 0 aliphatic carbocycles. The monoisotopic (exact) mass is 772 g/mol. The van der Waals surface area contributed by atoms with Crippen LogP contribution in [0.4, 0.5) is 4.79 Å². The molecule has 17 nitrogen and oxygen atoms in total. The minimum atomic E-state index is -2.30. The molecule has 8 N–H and O–H groups in total. The number of nitrogens with two attached hydrogens (primary N) is 2. The van der Waals surface area contributed by atoms with Gasteiger partial charge >= 0.3 is 18.0 Å². The van der Waals surface area contributed by atoms with Gasteiger partial charge < -0.3 is 34.9 Å². The van der Waals surface area contributed by atoms with E-state index < -0.39 is 68.3 Å². The number of ether oxygens (including phenoxy) is 2. The molecular weight excluding hydrogens is 717 g/mol. The van der Waals surface area contributed by atoms with Crippen LogP contribution in [0.3, 0.4) is 0 Å². The van der Waals surface area contributed by atoms with E-state index in [-0.39, 0.29) is 31.2 Å². The Morgan fingerprint density at radius 3 is 2.28 bits per heavy atom. The third-order valence-corrected chi connectivity index (χ3v) is 14.7. The van der Waals surface area contributed by atoms with Crippen LogP contribution in [-0.4, -0.2) is 95.9 Å². The van der Waals surface area contributed by atoms with Crippen molar-refractivity contribution in [3.8, 4) is 0 Å². The number of nitrogens with zero attached hydrogens (tertiary/aromatic N) is 3. The van der Waals surface area contributed by atoms with Crippen molar-refractivity contribution in [2.45, 2.75) is 109 Å². The number of hydrazine groups is 4. The van der Waals surface area contributed by atoms with Crippen LogP contribution < -0.4 is 27.8 Å². The van der Waals surface area contributed by atoms with Crippen molar-refractivity contribution in [3.63, 3.8) is 0 Å². The number of carbonyl (C=O) groups excluding carboxylic acids is 4. The number of hydrogen-bond donors (Lipinski definition) is 6. The first-order chi connectivity index (χ1) is 25.4. The first kappa shape index (κ1) is 42.8. The molecule has 298 valence electrons. The number of carbonyl (C=O) groups is 4. The average molecular weight is 773 g/mol. The SMILES string of the molecule is CC(C)C1(NC(=O)OCc2ccccc2)C(=O)OC2C(N)C(=O)ONN(N(N)C(CCO[Si](C)(C)C(C)(C)C)C(O)C(=O)NCCCc3ccccc3)N21. The van der Waals surface area contributed by atoms with E-state index in [4.69, 9.17) is 30.3 Å². The number of alkyl carbamates (subject to hydrolysis) is 1. The number of aliphatic hydroxyl groups is 1. The average Bonchev–Trinajstić information content (AvgIpc) is 3.35. The second-order valence-electron chi connectivity index (χ2n) is 15.2. The minimum absolute atomic E-state index is 0.00563. The normalized spacial score (nSPS) is 22.2. The zero-order chi connectivity index (χ0) is 39.8. The first-order valence-electron chi connectivity index (χ1n) is 18.1. The summed E-state index contributed by atoms with van der Waals surface area (Å²) < 4.78 is 17.5. The highest BCUT2D eigenvalue weighted by Crippen LogP contribution is 2.38. The Labute approximate surface area is 317 Å². The summed E-state index contributed by atoms with van der Waals surface area (Å²) in [4.78, 5) is 59.0. The van der Waals surface area contributed by atoms with Crippen LogP contribution in [0.1, 0.15) is 58.6 Å². The smallest absolute Gasteiger partial charge is 0.409 e. The van der Waals surface area contributed by atoms with E-state index in [1.165, 1.54) is 0 Å². The number of esters is 1. The van der Waals surface area contributed by atoms with Crippen molar-refractivity contribution >= 4 is 32.3 Å². The summed E-state index contributed by atoms with van der Waals surface area (Å²) in [5.74, 6) is 3.28. The van der Waals surface area contributed by atoms with Crippen molar-refractivity contribution in [1.82, 2.24) is 31.6 Å². The fourth-order valence-corrected chi connectivity index (χ4v) is 6.88. The highest BCUT2D eigenvalue weighted by atomic mass is 28.4. The minimum Gasteiger partial charge on any atom is -0.445 e. The molecule has 2 aliphatic heterocycles. The molecule has 2 aliphatic rings. The Kier molecular flexibility index (Phi) is 14.3. The fourth-order valence-electron chi connectivity index (χ4n) is 5.82. The molecule has 0 bridgehead atoms. The molecule has 2 saturated heterocycles. The number of nitrogens with one attached hydrogen (secondary N) is 3. The van der Waals surface area contributed by atoms with Gasteiger partial charge in [-0.15, -0.1) is 10.1 Å². The molecule has 18 heteroatoms. The van der Waals surface area contributed by atoms with Gasteiger partial charge in [-0.2, -0.15) is 0 Å². The third kappa shape index (κ3) is 9.81. The predicted molar refractivity (Wildman–Crippen MR) is 199 cm³/mol. The maximum absolute atomic E-state index is 13.9. The Balaban J connectivity index is 1.64. The molecule has 0 spiro atoms. The molecule has 5 unspecified atom stereocenters. The van der Waals surface area contributed by atoms with Gasteiger partial charge in [-0.3, -0.25) is 16.0 Å². The van der Waals surface area contributed by atoms with Crippen LogP contribution in [0.25, 0.3) is 0 Å². The van der Waals surface area contributed by atoms with Gasteiger partial charge in [0, 0.05) is 19.1 Å². The van der Waals surface area contributed by atoms with Crippen LogP contribution in [0.2, 0.25) is 18.1 Å². The summed E-state index contributed by atoms with van der Waals surface area (Å²) in [6.45, 7) is 13.8. The van der Waals surface area contributed by atoms with Gasteiger partial charge in [-0.25, -0.2) is 14.4 Å². The van der Waals surface area contributed by atoms with E-state index in [2.05, 4.69) is 50.1 Å². The van der Waals surface area contributed by atoms with Crippen molar-refractivity contribution in [1.29, 1.82) is 0 Å². The zero-order valence-corrected chi connectivity index (χ0v) is 33.1. The summed E-state index contributed by atoms with van der Waals surface area (Å²) in [5, 5.41) is 19.8. The second-order valence-corrected chi connectivity index (χ2v) is 20.1. The molecule has 0 radical (unpaired) electrons. The van der Waals surface area contributed by atoms with E-state index in [1.54, 1.807) is 38.1 Å². The number of amides is 2. The quantitative estimate of drug-likeness (QED) is 0.0358. The lowest BCUT2D eigenvalue weighted by Gasteiger charge is -2.47. The molecule has 0 saturated carbocycles. The first-order valence-corrected chi connectivity index (χ1v) is 21.0. The van der Waals surface area contributed by atoms with Crippen LogP contribution in [0, 0.1) is 5.92 Å². The second kappa shape index (κ2) is 18.1. The zero-order valence-electron chi connectivity index (χ0n) is 32.1. The van der Waals surface area contributed by atoms with Gasteiger partial charge in [-0.1, -0.05) is 106 Å². The van der Waals surface area contributed by atoms with Crippen molar-refractivity contribution in [3.05, 3.63) is 71.8 Å². The highest BCUT2D eigenvalue weighted by molar-refractivity contribution is 6.74. The molecular formula is C36H56N8O9Si. The van der Waals surface area contributed by atoms with Gasteiger partial charge in [-0.05, 0) is 48.5 Å². The van der Waals surface area contributed by atoms with Crippen LogP contribution in [-0.2, 0) is 46.1 Å². The Morgan fingerprint density at radius 2 is 1.69 bits per heavy atom. The highest BCUT2D eigenvalue weighted by Gasteiger charge is 2.66. The number of hydrogen-bond acceptors (Lipinski definition) is 15. The van der Waals surface area contributed by atoms with Crippen molar-refractivity contribution in [2.24, 2.45) is 17.5 Å². The van der Waals surface area contributed by atoms with Crippen LogP contribution in [0.15, 0.2) is 60.7 Å². The van der Waals surface area contributed by atoms with E-state index >= 15 is 0 Å². The maximum atomic E-state index is 13.9. The van der Waals surface area contributed by atoms with Crippen molar-refractivity contribution < 1.29 is 43.0 Å². The summed E-state index contributed by atoms with van der Waals surface area (Å²) >= 11 is 0. The van der Waals surface area contributed by atoms with E-state index in [0.29, 0.717) is 18.4 Å². The predicted octanol–water partition coefficient (Wildman–Crippen LogP) is 1.95. The molecule has 2 heterocycles. The van der Waals surface area contributed by atoms with Gasteiger partial charge in [0.05, 0.1) is 6.04 Å². The molecule has 5 atom stereocenters. The molecule has 2 aromatic rings. The number of aliphatic hydroxyl groups excluding tert-OH is 1. The molecule has 2 aromatic carbocycles. The molecule has 0 aromatic heterocycles. The lowest BCUT2D eigenvalue weighted by Crippen LogP contribution is -2.77. The van der Waals surface area contributed by atoms with Gasteiger partial charge in [0.2, 0.25) is 5.66 Å². The summed E-state index contributed by atoms with van der Waals surface area (Å²) in [5.41, 5.74) is 8.35. The van der Waals surface area contributed by atoms with Crippen molar-refractivity contribution in [2.75, 3.05) is 13.2 Å². The Bertz CT molecular complexity index is 1580. The number of fused-ring (bicyclic) bond motifs is 1. The Morgan fingerprint density at radius 1 is 1.07 bits per heavy atom. The largest absolute Gasteiger partial charge is 0.445 e. The van der Waals surface area contributed by atoms with Gasteiger partial charge in [0.1, 0.15) is 6.61 Å². The number of aryl methyl sites for hydroxylation is 1. The van der Waals surface area contributed by atoms with E-state index in [9.17, 15) is 24.3 Å². The summed E-state index contributed by atoms with van der Waals surface area (Å²) in [6, 6.07) is 15.8. The van der Waals surface area contributed by atoms with E-state index in [0.717, 1.165) is 20.9 Å². The van der Waals surface area contributed by atoms with Crippen LogP contribution in [0.5, 0.6) is 0 Å². The molecule has 54 heavy (non-hydrogen) atoms. The summed E-state index contributed by atoms with van der Waals surface area (Å²) in [7, 11) is -2.30. The molecule has 4 rings (SSSR count). The standard InChI is InChI=1S/C36H56N8O9Si/c1-24(2)36(40-34(49)50-23-26-17-12-9-13-18-26)33(48)52-31-28(37)32(47)53-41-44(42(31)36)43(38)27(20-22-51-54(6,7)35(3,4)5)29(45)30(46)39-21-14-19-25-15-10-8-11-16-25/h8-13,15-18,24,27-29,31,41,45H,14,19-23,37-38H2,1-7H3,(H,39,46)(H,40,49). The topological polar surface area (TPSA) is 223 Å². The maximum Gasteiger partial charge on any atom is 0.409 e. The Hall–Kier alpha value is -3.98. The fraction of sp³-hybridized carbons (Fsp3) is 0.556. The lowest BCUT2D eigenvalue weighted by molar-refractivity contribution is -0.333. The molecule has 2 fully saturated rings. The third-order valence-electron chi connectivity index (χ3n) is 10.2. The summed E-state index contributed by atoms with van der Waals surface area (Å²) in [6.07, 6.45) is -3.03. The van der Waals surface area contributed by atoms with Gasteiger partial charge in [0.15, 0.2) is 26.7 Å². The number of benzene rings is 2. The van der Waals surface area contributed by atoms with Crippen LogP contribution >= 0.6 is 0 Å². The van der Waals surface area contributed by atoms with Gasteiger partial charge in [0.25, 0.3) is 5.91 Å². The van der Waals surface area contributed by atoms with E-state index in [1.807, 2.05) is 36.4 Å². The lowest BCUT2D eigenvalue weighted by atomic mass is 9.95. The number of rotatable bonds is 16. The molecule has 2 amide bonds.